The molecule has 2 saturated heterocycles. The minimum Gasteiger partial charge on any atom is -0.507 e. The van der Waals surface area contributed by atoms with Crippen molar-refractivity contribution in [3.05, 3.63) is 99.9 Å². The van der Waals surface area contributed by atoms with Crippen LogP contribution in [0.15, 0.2) is 76.9 Å². The predicted octanol–water partition coefficient (Wildman–Crippen LogP) is 4.36. The first-order valence-corrected chi connectivity index (χ1v) is 24.8. The van der Waals surface area contributed by atoms with Gasteiger partial charge in [0.05, 0.1) is 46.7 Å². The number of aromatic nitrogens is 1. The molecular weight excluding hydrogens is 911 g/mol. The zero-order valence-corrected chi connectivity index (χ0v) is 41.5. The van der Waals surface area contributed by atoms with Gasteiger partial charge < -0.3 is 50.0 Å². The molecule has 1 aliphatic carbocycles. The number of esters is 1. The zero-order chi connectivity index (χ0) is 50.8. The van der Waals surface area contributed by atoms with E-state index in [0.29, 0.717) is 64.6 Å². The Bertz CT molecular complexity index is 2570. The number of nitrogens with zero attached hydrogens (tertiary/aromatic N) is 5. The Balaban J connectivity index is 1.04. The van der Waals surface area contributed by atoms with Crippen LogP contribution in [0.1, 0.15) is 117 Å². The van der Waals surface area contributed by atoms with E-state index >= 15 is 0 Å². The van der Waals surface area contributed by atoms with E-state index in [9.17, 15) is 39.3 Å². The Morgan fingerprint density at radius 2 is 1.72 bits per heavy atom. The molecule has 5 bridgehead atoms. The van der Waals surface area contributed by atoms with Gasteiger partial charge in [-0.1, -0.05) is 45.1 Å². The normalized spacial score (nSPS) is 28.0. The lowest BCUT2D eigenvalue weighted by Gasteiger charge is -2.38. The van der Waals surface area contributed by atoms with Crippen molar-refractivity contribution in [1.29, 1.82) is 0 Å². The topological polar surface area (TPSA) is 233 Å². The first-order chi connectivity index (χ1) is 33.8. The molecule has 1 aromatic carbocycles. The highest BCUT2D eigenvalue weighted by molar-refractivity contribution is 6.34. The van der Waals surface area contributed by atoms with Crippen LogP contribution in [-0.4, -0.2) is 146 Å². The summed E-state index contributed by atoms with van der Waals surface area (Å²) in [5.74, 6) is -5.39. The van der Waals surface area contributed by atoms with Crippen molar-refractivity contribution in [3.8, 4) is 11.5 Å². The smallest absolute Gasteiger partial charge is 0.315 e. The number of aromatic hydroxyl groups is 1. The highest BCUT2D eigenvalue weighted by Gasteiger charge is 2.54. The van der Waals surface area contributed by atoms with E-state index in [-0.39, 0.29) is 82.3 Å². The number of likely N-dealkylation sites (tertiary alicyclic amines) is 1. The number of hydrogen-bond acceptors (Lipinski definition) is 16. The Morgan fingerprint density at radius 3 is 2.42 bits per heavy atom. The van der Waals surface area contributed by atoms with Gasteiger partial charge in [-0.05, 0) is 57.2 Å². The number of piperazine rings is 1. The zero-order valence-electron chi connectivity index (χ0n) is 41.5. The second-order valence-corrected chi connectivity index (χ2v) is 20.3. The number of carbonyl (C=O) groups excluding carboxylic acids is 5. The van der Waals surface area contributed by atoms with Crippen LogP contribution >= 0.6 is 0 Å². The van der Waals surface area contributed by atoms with Gasteiger partial charge in [0.15, 0.2) is 0 Å². The van der Waals surface area contributed by atoms with E-state index in [0.717, 1.165) is 12.2 Å². The Labute approximate surface area is 414 Å². The lowest BCUT2D eigenvalue weighted by molar-refractivity contribution is -0.155. The Hall–Kier alpha value is -6.21. The van der Waals surface area contributed by atoms with E-state index in [1.807, 2.05) is 18.2 Å². The van der Waals surface area contributed by atoms with Crippen molar-refractivity contribution in [2.24, 2.45) is 16.8 Å². The Kier molecular flexibility index (Phi) is 15.3. The number of benzene rings is 1. The molecule has 1 aromatic heterocycles. The molecule has 71 heavy (non-hydrogen) atoms. The molecular formula is C53H67N7O11. The molecule has 7 heterocycles. The summed E-state index contributed by atoms with van der Waals surface area (Å²) in [5, 5.41) is 40.5. The molecule has 18 nitrogen and oxygen atoms in total. The van der Waals surface area contributed by atoms with Crippen molar-refractivity contribution in [2.75, 3.05) is 45.8 Å². The lowest BCUT2D eigenvalue weighted by atomic mass is 9.82. The van der Waals surface area contributed by atoms with E-state index in [2.05, 4.69) is 39.3 Å². The molecule has 0 radical (unpaired) electrons. The number of aliphatic hydroxyl groups is 2. The standard InChI is InChI=1S/C53H67N7O11/c1-31(2)29-58-19-16-53(17-20-58)56-44-41-42-47(65)34(5)49-43(41)50(67)52(6,71-49)69-25-10-8-15-37(70-40(64)28-39(63)60-23-21-59(22-24-60)30-35-14-7-9-18-54-35)26-36(61)27-38(62)32(3)12-11-13-33(4)51(68)55-46(48(42)66)45(44)57-53/h7,9-14,18,25,31-32,36-38,57,61-62,65H,8,15-17,19-24,26-30H2,1-6H3,(H,55,68)/b12-11+,25-10+,33-13-/t32?,36?,37-,38-,52+/m1/s1. The van der Waals surface area contributed by atoms with E-state index in [1.54, 1.807) is 49.2 Å². The summed E-state index contributed by atoms with van der Waals surface area (Å²) in [7, 11) is 0. The number of amides is 2. The molecule has 0 saturated carbocycles. The molecule has 18 heteroatoms. The number of hydrogen-bond donors (Lipinski definition) is 5. The average molecular weight is 978 g/mol. The molecule has 2 unspecified atom stereocenters. The van der Waals surface area contributed by atoms with Crippen molar-refractivity contribution in [3.63, 3.8) is 0 Å². The van der Waals surface area contributed by atoms with Crippen LogP contribution in [0.3, 0.4) is 0 Å². The third kappa shape index (κ3) is 11.2. The molecule has 2 aromatic rings. The summed E-state index contributed by atoms with van der Waals surface area (Å²) in [4.78, 5) is 85.8. The molecule has 2 amide bonds. The maximum atomic E-state index is 14.7. The number of piperidine rings is 1. The fraction of sp³-hybridized carbons (Fsp3) is 0.528. The van der Waals surface area contributed by atoms with Crippen LogP contribution < -0.4 is 15.4 Å². The van der Waals surface area contributed by atoms with E-state index in [4.69, 9.17) is 19.2 Å². The molecule has 7 aliphatic rings. The molecule has 9 rings (SSSR count). The maximum Gasteiger partial charge on any atom is 0.315 e. The maximum absolute atomic E-state index is 14.7. The van der Waals surface area contributed by atoms with Gasteiger partial charge in [-0.2, -0.15) is 0 Å². The van der Waals surface area contributed by atoms with Gasteiger partial charge in [0.25, 0.3) is 11.7 Å². The summed E-state index contributed by atoms with van der Waals surface area (Å²) in [6.45, 7) is 15.8. The molecule has 2 fully saturated rings. The number of phenols is 1. The molecule has 5 N–H and O–H groups in total. The van der Waals surface area contributed by atoms with Crippen molar-refractivity contribution >= 4 is 35.1 Å². The van der Waals surface area contributed by atoms with E-state index in [1.165, 1.54) is 20.1 Å². The predicted molar refractivity (Wildman–Crippen MR) is 262 cm³/mol. The first-order valence-electron chi connectivity index (χ1n) is 24.8. The highest BCUT2D eigenvalue weighted by Crippen LogP contribution is 2.50. The monoisotopic (exact) mass is 977 g/mol. The molecule has 6 aliphatic heterocycles. The fourth-order valence-electron chi connectivity index (χ4n) is 10.1. The van der Waals surface area contributed by atoms with Gasteiger partial charge in [0.2, 0.25) is 11.7 Å². The van der Waals surface area contributed by atoms with Gasteiger partial charge in [0.1, 0.15) is 35.4 Å². The molecule has 1 spiro atoms. The number of Topliss-reactive ketones (excluding diaryl/α,β-unsaturated/α-hetero) is 2. The summed E-state index contributed by atoms with van der Waals surface area (Å²) in [5.41, 5.74) is 0.722. The largest absolute Gasteiger partial charge is 0.507 e. The number of phenolic OH excluding ortho intramolecular Hbond substituents is 1. The number of ether oxygens (including phenoxy) is 3. The van der Waals surface area contributed by atoms with Gasteiger partial charge in [-0.15, -0.1) is 0 Å². The van der Waals surface area contributed by atoms with Crippen LogP contribution in [0.5, 0.6) is 11.5 Å². The number of fused-ring (bicyclic) bond motifs is 13. The first kappa shape index (κ1) is 51.2. The van der Waals surface area contributed by atoms with Gasteiger partial charge in [0, 0.05) is 107 Å². The van der Waals surface area contributed by atoms with E-state index < -0.39 is 71.3 Å². The summed E-state index contributed by atoms with van der Waals surface area (Å²) >= 11 is 0. The van der Waals surface area contributed by atoms with Gasteiger partial charge in [-0.3, -0.25) is 38.8 Å². The third-order valence-corrected chi connectivity index (χ3v) is 14.3. The number of aliphatic imine (C=N–C) groups is 1. The fourth-order valence-corrected chi connectivity index (χ4v) is 10.1. The average Bonchev–Trinajstić information content (AvgIpc) is 3.83. The SMILES string of the molecule is C/C1=C/C=C/C(C)[C@H](O)CC(O)C[C@H](OC(=O)CC(=O)N2CCN(Cc3ccccn3)CC2)CC/C=C/O[C@@]2(C)Oc3c(C)c(O)c4c(c3C2=O)C2=NC3(CCN(CC(C)C)CC3)NC2=C(NC1=O)C4=O. The number of aliphatic hydroxyl groups excluding tert-OH is 2. The molecule has 380 valence electrons. The summed E-state index contributed by atoms with van der Waals surface area (Å²) < 4.78 is 18.2. The van der Waals surface area contributed by atoms with Crippen molar-refractivity contribution in [2.45, 2.75) is 123 Å². The summed E-state index contributed by atoms with van der Waals surface area (Å²) in [6.07, 6.45) is 7.50. The number of pyridine rings is 1. The number of allylic oxidation sites excluding steroid dienone is 5. The summed E-state index contributed by atoms with van der Waals surface area (Å²) in [6, 6.07) is 5.75. The van der Waals surface area contributed by atoms with Crippen molar-refractivity contribution < 1.29 is 53.5 Å². The van der Waals surface area contributed by atoms with Crippen LogP contribution in [0.2, 0.25) is 0 Å². The van der Waals surface area contributed by atoms with Crippen LogP contribution in [0.4, 0.5) is 0 Å². The second-order valence-electron chi connectivity index (χ2n) is 20.3. The number of nitrogens with one attached hydrogen (secondary N) is 2. The quantitative estimate of drug-likeness (QED) is 0.192. The molecule has 5 atom stereocenters. The van der Waals surface area contributed by atoms with Crippen LogP contribution in [0, 0.1) is 18.8 Å². The Morgan fingerprint density at radius 1 is 0.972 bits per heavy atom. The minimum absolute atomic E-state index is 0.0196. The third-order valence-electron chi connectivity index (χ3n) is 14.3. The number of rotatable bonds is 7. The van der Waals surface area contributed by atoms with Crippen molar-refractivity contribution in [1.82, 2.24) is 30.3 Å². The van der Waals surface area contributed by atoms with Crippen LogP contribution in [0.25, 0.3) is 0 Å². The lowest BCUT2D eigenvalue weighted by Crippen LogP contribution is -2.50. The highest BCUT2D eigenvalue weighted by atomic mass is 16.7. The minimum atomic E-state index is -1.94. The number of ketones is 2. The van der Waals surface area contributed by atoms with Gasteiger partial charge in [-0.25, -0.2) is 0 Å². The second kappa shape index (κ2) is 21.2. The van der Waals surface area contributed by atoms with Gasteiger partial charge >= 0.3 is 11.8 Å². The van der Waals surface area contributed by atoms with Crippen LogP contribution in [-0.2, 0) is 30.4 Å². The number of carbonyl (C=O) groups is 5.